The van der Waals surface area contributed by atoms with Crippen LogP contribution in [0.4, 0.5) is 18.9 Å². The highest BCUT2D eigenvalue weighted by Crippen LogP contribution is 2.36. The van der Waals surface area contributed by atoms with Crippen LogP contribution in [0.1, 0.15) is 48.4 Å². The summed E-state index contributed by atoms with van der Waals surface area (Å²) in [5, 5.41) is 0. The molecule has 1 aliphatic heterocycles. The predicted molar refractivity (Wildman–Crippen MR) is 138 cm³/mol. The van der Waals surface area contributed by atoms with E-state index in [1.54, 1.807) is 12.1 Å². The van der Waals surface area contributed by atoms with Gasteiger partial charge in [-0.2, -0.15) is 0 Å². The average molecular weight is 551 g/mol. The lowest BCUT2D eigenvalue weighted by Gasteiger charge is -2.21. The number of carbonyl (C=O) groups excluding carboxylic acids is 3. The van der Waals surface area contributed by atoms with Gasteiger partial charge in [-0.05, 0) is 71.8 Å². The number of halogens is 4. The number of hydrogen-bond acceptors (Lipinski definition) is 5. The highest BCUT2D eigenvalue weighted by atomic mass is 35.5. The second-order valence-corrected chi connectivity index (χ2v) is 9.04. The molecule has 5 rings (SSSR count). The number of imide groups is 1. The minimum atomic E-state index is -1.01. The number of hydrogen-bond donors (Lipinski definition) is 2. The highest BCUT2D eigenvalue weighted by molar-refractivity contribution is 6.34. The Hall–Kier alpha value is -4.54. The molecule has 3 aromatic carbocycles. The summed E-state index contributed by atoms with van der Waals surface area (Å²) < 4.78 is 42.0. The van der Waals surface area contributed by atoms with E-state index < -0.39 is 46.8 Å². The molecular weight excluding hydrogens is 533 g/mol. The maximum atomic E-state index is 14.3. The molecule has 0 aliphatic carbocycles. The van der Waals surface area contributed by atoms with Crippen molar-refractivity contribution in [3.8, 4) is 11.1 Å². The molecule has 1 atom stereocenters. The van der Waals surface area contributed by atoms with Crippen LogP contribution in [0.5, 0.6) is 0 Å². The van der Waals surface area contributed by atoms with Gasteiger partial charge >= 0.3 is 0 Å². The van der Waals surface area contributed by atoms with Crippen molar-refractivity contribution >= 4 is 35.2 Å². The van der Waals surface area contributed by atoms with Crippen LogP contribution in [-0.2, 0) is 6.42 Å². The predicted octanol–water partition coefficient (Wildman–Crippen LogP) is 5.09. The van der Waals surface area contributed by atoms with E-state index in [9.17, 15) is 27.6 Å². The number of carbonyl (C=O) groups is 3. The van der Waals surface area contributed by atoms with E-state index in [1.807, 2.05) is 0 Å². The first kappa shape index (κ1) is 26.1. The molecule has 1 aliphatic rings. The van der Waals surface area contributed by atoms with Crippen LogP contribution < -0.4 is 15.5 Å². The maximum Gasteiger partial charge on any atom is 0.266 e. The number of amides is 3. The number of nitrogens with zero attached hydrogens (tertiary/aromatic N) is 2. The molecule has 196 valence electrons. The minimum absolute atomic E-state index is 0.0194. The van der Waals surface area contributed by atoms with Gasteiger partial charge < -0.3 is 5.73 Å². The van der Waals surface area contributed by atoms with Crippen molar-refractivity contribution < 1.29 is 27.6 Å². The SMILES string of the molecule is NC(=O)c1cc(-c2cc(N3C(=O)c4ccccc4C3=O)cnc2[C@H](Cc2cc(F)cc(F)c2)NCl)ccc1F. The Morgan fingerprint density at radius 2 is 1.56 bits per heavy atom. The molecule has 11 heteroatoms. The van der Waals surface area contributed by atoms with Crippen LogP contribution in [0.2, 0.25) is 0 Å². The van der Waals surface area contributed by atoms with Crippen molar-refractivity contribution in [2.75, 3.05) is 4.90 Å². The molecular formula is C28H18ClF3N4O3. The summed E-state index contributed by atoms with van der Waals surface area (Å²) in [6.07, 6.45) is 1.26. The zero-order valence-corrected chi connectivity index (χ0v) is 20.7. The molecule has 2 heterocycles. The van der Waals surface area contributed by atoms with Crippen molar-refractivity contribution in [3.63, 3.8) is 0 Å². The summed E-state index contributed by atoms with van der Waals surface area (Å²) in [6, 6.07) is 13.6. The second kappa shape index (κ2) is 10.3. The van der Waals surface area contributed by atoms with Gasteiger partial charge in [0.15, 0.2) is 0 Å². The molecule has 7 nitrogen and oxygen atoms in total. The van der Waals surface area contributed by atoms with Gasteiger partial charge in [-0.3, -0.25) is 19.4 Å². The molecule has 0 unspecified atom stereocenters. The molecule has 3 N–H and O–H groups in total. The lowest BCUT2D eigenvalue weighted by atomic mass is 9.94. The van der Waals surface area contributed by atoms with E-state index in [4.69, 9.17) is 17.5 Å². The molecule has 4 aromatic rings. The Labute approximate surface area is 225 Å². The van der Waals surface area contributed by atoms with Crippen molar-refractivity contribution in [1.82, 2.24) is 9.82 Å². The van der Waals surface area contributed by atoms with Crippen LogP contribution in [-0.4, -0.2) is 22.7 Å². The summed E-state index contributed by atoms with van der Waals surface area (Å²) in [7, 11) is 0. The lowest BCUT2D eigenvalue weighted by Crippen LogP contribution is -2.30. The molecule has 0 bridgehead atoms. The summed E-state index contributed by atoms with van der Waals surface area (Å²) in [6.45, 7) is 0. The largest absolute Gasteiger partial charge is 0.366 e. The van der Waals surface area contributed by atoms with Gasteiger partial charge in [0.25, 0.3) is 17.7 Å². The van der Waals surface area contributed by atoms with Gasteiger partial charge in [0.05, 0.1) is 40.3 Å². The quantitative estimate of drug-likeness (QED) is 0.246. The zero-order chi connectivity index (χ0) is 27.8. The number of fused-ring (bicyclic) bond motifs is 1. The van der Waals surface area contributed by atoms with Crippen molar-refractivity contribution in [1.29, 1.82) is 0 Å². The topological polar surface area (TPSA) is 105 Å². The molecule has 1 aromatic heterocycles. The molecule has 39 heavy (non-hydrogen) atoms. The van der Waals surface area contributed by atoms with E-state index >= 15 is 0 Å². The van der Waals surface area contributed by atoms with Crippen molar-refractivity contribution in [3.05, 3.63) is 118 Å². The first-order chi connectivity index (χ1) is 18.7. The minimum Gasteiger partial charge on any atom is -0.366 e. The first-order valence-electron chi connectivity index (χ1n) is 11.6. The number of aromatic nitrogens is 1. The smallest absolute Gasteiger partial charge is 0.266 e. The fourth-order valence-corrected chi connectivity index (χ4v) is 4.73. The summed E-state index contributed by atoms with van der Waals surface area (Å²) in [4.78, 5) is 45.9. The molecule has 0 spiro atoms. The fourth-order valence-electron chi connectivity index (χ4n) is 4.55. The van der Waals surface area contributed by atoms with E-state index in [-0.39, 0.29) is 45.6 Å². The van der Waals surface area contributed by atoms with Crippen LogP contribution in [0.15, 0.2) is 72.9 Å². The molecule has 0 fully saturated rings. The van der Waals surface area contributed by atoms with E-state index in [1.165, 1.54) is 36.5 Å². The Kier molecular flexibility index (Phi) is 6.90. The Bertz CT molecular complexity index is 1610. The van der Waals surface area contributed by atoms with E-state index in [0.29, 0.717) is 0 Å². The number of anilines is 1. The number of nitrogens with one attached hydrogen (secondary N) is 1. The van der Waals surface area contributed by atoms with Gasteiger partial charge in [0, 0.05) is 11.6 Å². The van der Waals surface area contributed by atoms with Crippen molar-refractivity contribution in [2.45, 2.75) is 12.5 Å². The van der Waals surface area contributed by atoms with Crippen molar-refractivity contribution in [2.24, 2.45) is 5.73 Å². The zero-order valence-electron chi connectivity index (χ0n) is 19.9. The van der Waals surface area contributed by atoms with Gasteiger partial charge in [-0.25, -0.2) is 22.9 Å². The third kappa shape index (κ3) is 4.87. The average Bonchev–Trinajstić information content (AvgIpc) is 3.16. The molecule has 0 saturated heterocycles. The molecule has 0 radical (unpaired) electrons. The number of nitrogens with two attached hydrogens (primary N) is 1. The monoisotopic (exact) mass is 550 g/mol. The van der Waals surface area contributed by atoms with Crippen LogP contribution in [0.25, 0.3) is 11.1 Å². The highest BCUT2D eigenvalue weighted by Gasteiger charge is 2.37. The first-order valence-corrected chi connectivity index (χ1v) is 11.9. The third-order valence-electron chi connectivity index (χ3n) is 6.32. The van der Waals surface area contributed by atoms with Crippen LogP contribution >= 0.6 is 11.8 Å². The number of rotatable bonds is 7. The third-order valence-corrected chi connectivity index (χ3v) is 6.59. The summed E-state index contributed by atoms with van der Waals surface area (Å²) in [5.41, 5.74) is 6.52. The van der Waals surface area contributed by atoms with Crippen LogP contribution in [0, 0.1) is 17.5 Å². The molecule has 0 saturated carbocycles. The maximum absolute atomic E-state index is 14.3. The normalized spacial score (nSPS) is 13.5. The van der Waals surface area contributed by atoms with Crippen LogP contribution in [0.3, 0.4) is 0 Å². The summed E-state index contributed by atoms with van der Waals surface area (Å²) in [5.74, 6) is -4.54. The van der Waals surface area contributed by atoms with Gasteiger partial charge in [-0.1, -0.05) is 18.2 Å². The second-order valence-electron chi connectivity index (χ2n) is 8.82. The molecule has 3 amide bonds. The Morgan fingerprint density at radius 1 is 0.923 bits per heavy atom. The standard InChI is InChI=1S/C28H18ClF3N4O3/c29-35-24(9-14-7-16(30)11-17(31)8-14)25-21(15-5-6-23(32)22(10-15)26(33)37)12-18(13-34-25)36-27(38)19-3-1-2-4-20(19)28(36)39/h1-8,10-13,24,35H,9H2,(H2,33,37)/t24-/m0/s1. The number of pyridine rings is 1. The number of primary amides is 1. The summed E-state index contributed by atoms with van der Waals surface area (Å²) >= 11 is 6.04. The van der Waals surface area contributed by atoms with Gasteiger partial charge in [0.1, 0.15) is 17.5 Å². The van der Waals surface area contributed by atoms with E-state index in [0.717, 1.165) is 29.2 Å². The lowest BCUT2D eigenvalue weighted by molar-refractivity contribution is 0.0924. The Morgan fingerprint density at radius 3 is 2.15 bits per heavy atom. The fraction of sp³-hybridized carbons (Fsp3) is 0.0714. The van der Waals surface area contributed by atoms with Gasteiger partial charge in [-0.15, -0.1) is 0 Å². The number of benzene rings is 3. The van der Waals surface area contributed by atoms with E-state index in [2.05, 4.69) is 9.82 Å². The van der Waals surface area contributed by atoms with Gasteiger partial charge in [0.2, 0.25) is 0 Å². The Balaban J connectivity index is 1.65.